The van der Waals surface area contributed by atoms with Crippen LogP contribution in [0.3, 0.4) is 0 Å². The fraction of sp³-hybridized carbons (Fsp3) is 0.370. The lowest BCUT2D eigenvalue weighted by molar-refractivity contribution is -0.126. The summed E-state index contributed by atoms with van der Waals surface area (Å²) in [6.07, 6.45) is 2.12. The number of hydrogen-bond acceptors (Lipinski definition) is 5. The Hall–Kier alpha value is -3.45. The third-order valence-electron chi connectivity index (χ3n) is 6.31. The number of methoxy groups -OCH3 is 2. The number of pyridine rings is 1. The van der Waals surface area contributed by atoms with Crippen LogP contribution in [-0.4, -0.2) is 62.2 Å². The Morgan fingerprint density at radius 2 is 1.79 bits per heavy atom. The van der Waals surface area contributed by atoms with Crippen molar-refractivity contribution in [1.82, 2.24) is 15.2 Å². The molecule has 34 heavy (non-hydrogen) atoms. The molecule has 7 heteroatoms. The zero-order valence-corrected chi connectivity index (χ0v) is 19.8. The molecule has 4 rings (SSSR count). The predicted molar refractivity (Wildman–Crippen MR) is 132 cm³/mol. The smallest absolute Gasteiger partial charge is 0.254 e. The lowest BCUT2D eigenvalue weighted by atomic mass is 9.94. The van der Waals surface area contributed by atoms with Crippen molar-refractivity contribution in [1.29, 1.82) is 0 Å². The van der Waals surface area contributed by atoms with Crippen molar-refractivity contribution in [3.8, 4) is 17.0 Å². The maximum absolute atomic E-state index is 13.6. The first kappa shape index (κ1) is 23.7. The molecule has 1 aliphatic rings. The third-order valence-corrected chi connectivity index (χ3v) is 6.31. The number of amides is 2. The lowest BCUT2D eigenvalue weighted by Gasteiger charge is -2.31. The van der Waals surface area contributed by atoms with Gasteiger partial charge in [-0.2, -0.15) is 0 Å². The maximum atomic E-state index is 13.6. The van der Waals surface area contributed by atoms with Gasteiger partial charge in [0.2, 0.25) is 5.91 Å². The SMILES string of the molecule is COCCCNC(=O)C1CCN(C(=O)c2cc(-c3ccc(OC)cc3)nc3ccccc23)CC1. The van der Waals surface area contributed by atoms with E-state index in [1.807, 2.05) is 59.5 Å². The number of aromatic nitrogens is 1. The van der Waals surface area contributed by atoms with Crippen molar-refractivity contribution in [3.63, 3.8) is 0 Å². The molecule has 1 N–H and O–H groups in total. The standard InChI is InChI=1S/C27H31N3O4/c1-33-17-5-14-28-26(31)20-12-15-30(16-13-20)27(32)23-18-25(19-8-10-21(34-2)11-9-19)29-24-7-4-3-6-22(23)24/h3-4,6-11,18,20H,5,12-17H2,1-2H3,(H,28,31). The average Bonchev–Trinajstić information content (AvgIpc) is 2.90. The number of piperidine rings is 1. The first-order valence-electron chi connectivity index (χ1n) is 11.7. The van der Waals surface area contributed by atoms with Crippen molar-refractivity contribution in [2.75, 3.05) is 40.5 Å². The lowest BCUT2D eigenvalue weighted by Crippen LogP contribution is -2.43. The van der Waals surface area contributed by atoms with Crippen LogP contribution in [0.25, 0.3) is 22.2 Å². The van der Waals surface area contributed by atoms with Gasteiger partial charge in [0.05, 0.1) is 23.9 Å². The van der Waals surface area contributed by atoms with Gasteiger partial charge in [0.25, 0.3) is 5.91 Å². The molecule has 0 radical (unpaired) electrons. The molecular formula is C27H31N3O4. The Kier molecular flexibility index (Phi) is 7.75. The number of likely N-dealkylation sites (tertiary alicyclic amines) is 1. The van der Waals surface area contributed by atoms with Crippen molar-refractivity contribution in [3.05, 3.63) is 60.2 Å². The zero-order chi connectivity index (χ0) is 23.9. The Labute approximate surface area is 200 Å². The molecule has 0 atom stereocenters. The summed E-state index contributed by atoms with van der Waals surface area (Å²) in [7, 11) is 3.29. The molecule has 1 aromatic heterocycles. The number of nitrogens with one attached hydrogen (secondary N) is 1. The van der Waals surface area contributed by atoms with Gasteiger partial charge >= 0.3 is 0 Å². The van der Waals surface area contributed by atoms with E-state index in [0.29, 0.717) is 44.6 Å². The van der Waals surface area contributed by atoms with Crippen molar-refractivity contribution >= 4 is 22.7 Å². The number of carbonyl (C=O) groups is 2. The van der Waals surface area contributed by atoms with E-state index in [2.05, 4.69) is 5.32 Å². The van der Waals surface area contributed by atoms with Crippen LogP contribution < -0.4 is 10.1 Å². The zero-order valence-electron chi connectivity index (χ0n) is 19.8. The summed E-state index contributed by atoms with van der Waals surface area (Å²) in [6, 6.07) is 17.3. The molecule has 0 saturated carbocycles. The van der Waals surface area contributed by atoms with E-state index in [1.165, 1.54) is 0 Å². The molecule has 2 aromatic carbocycles. The monoisotopic (exact) mass is 461 g/mol. The average molecular weight is 462 g/mol. The van der Waals surface area contributed by atoms with E-state index in [0.717, 1.165) is 34.3 Å². The minimum atomic E-state index is -0.0596. The molecule has 0 unspecified atom stereocenters. The summed E-state index contributed by atoms with van der Waals surface area (Å²) in [6.45, 7) is 2.36. The van der Waals surface area contributed by atoms with Crippen LogP contribution in [0.2, 0.25) is 0 Å². The molecule has 2 amide bonds. The molecule has 0 bridgehead atoms. The number of hydrogen-bond donors (Lipinski definition) is 1. The van der Waals surface area contributed by atoms with Gasteiger partial charge in [0.1, 0.15) is 5.75 Å². The highest BCUT2D eigenvalue weighted by Gasteiger charge is 2.28. The van der Waals surface area contributed by atoms with Crippen molar-refractivity contribution in [2.45, 2.75) is 19.3 Å². The van der Waals surface area contributed by atoms with E-state index in [4.69, 9.17) is 14.5 Å². The highest BCUT2D eigenvalue weighted by atomic mass is 16.5. The van der Waals surface area contributed by atoms with Gasteiger partial charge in [-0.3, -0.25) is 9.59 Å². The van der Waals surface area contributed by atoms with Gasteiger partial charge in [-0.15, -0.1) is 0 Å². The van der Waals surface area contributed by atoms with Crippen LogP contribution in [-0.2, 0) is 9.53 Å². The molecule has 1 fully saturated rings. The molecule has 1 saturated heterocycles. The third kappa shape index (κ3) is 5.37. The summed E-state index contributed by atoms with van der Waals surface area (Å²) in [4.78, 5) is 32.7. The second kappa shape index (κ2) is 11.1. The molecule has 178 valence electrons. The topological polar surface area (TPSA) is 80.8 Å². The fourth-order valence-electron chi connectivity index (χ4n) is 4.35. The molecule has 1 aliphatic heterocycles. The molecular weight excluding hydrogens is 430 g/mol. The van der Waals surface area contributed by atoms with Crippen LogP contribution in [0.1, 0.15) is 29.6 Å². The minimum Gasteiger partial charge on any atom is -0.497 e. The Bertz CT molecular complexity index is 1140. The number of ether oxygens (including phenoxy) is 2. The van der Waals surface area contributed by atoms with Gasteiger partial charge in [0.15, 0.2) is 0 Å². The fourth-order valence-corrected chi connectivity index (χ4v) is 4.35. The van der Waals surface area contributed by atoms with E-state index >= 15 is 0 Å². The van der Waals surface area contributed by atoms with Gasteiger partial charge in [-0.1, -0.05) is 18.2 Å². The summed E-state index contributed by atoms with van der Waals surface area (Å²) >= 11 is 0. The van der Waals surface area contributed by atoms with E-state index in [1.54, 1.807) is 14.2 Å². The molecule has 7 nitrogen and oxygen atoms in total. The predicted octanol–water partition coefficient (Wildman–Crippen LogP) is 3.92. The summed E-state index contributed by atoms with van der Waals surface area (Å²) in [5.74, 6) is 0.758. The highest BCUT2D eigenvalue weighted by Crippen LogP contribution is 2.28. The number of nitrogens with zero attached hydrogens (tertiary/aromatic N) is 2. The van der Waals surface area contributed by atoms with E-state index in [-0.39, 0.29) is 17.7 Å². The molecule has 0 aliphatic carbocycles. The molecule has 0 spiro atoms. The van der Waals surface area contributed by atoms with Gasteiger partial charge in [-0.05, 0) is 55.7 Å². The Balaban J connectivity index is 1.50. The van der Waals surface area contributed by atoms with Crippen LogP contribution in [0.4, 0.5) is 0 Å². The molecule has 2 heterocycles. The van der Waals surface area contributed by atoms with Crippen LogP contribution in [0.15, 0.2) is 54.6 Å². The minimum absolute atomic E-state index is 0.0210. The van der Waals surface area contributed by atoms with E-state index in [9.17, 15) is 9.59 Å². The van der Waals surface area contributed by atoms with Crippen molar-refractivity contribution in [2.24, 2.45) is 5.92 Å². The van der Waals surface area contributed by atoms with Gasteiger partial charge in [-0.25, -0.2) is 4.98 Å². The quantitative estimate of drug-likeness (QED) is 0.515. The first-order valence-corrected chi connectivity index (χ1v) is 11.7. The van der Waals surface area contributed by atoms with Crippen LogP contribution in [0.5, 0.6) is 5.75 Å². The number of para-hydroxylation sites is 1. The van der Waals surface area contributed by atoms with Crippen LogP contribution >= 0.6 is 0 Å². The number of fused-ring (bicyclic) bond motifs is 1. The second-order valence-corrected chi connectivity index (χ2v) is 8.50. The highest BCUT2D eigenvalue weighted by molar-refractivity contribution is 6.07. The molecule has 3 aromatic rings. The second-order valence-electron chi connectivity index (χ2n) is 8.50. The number of benzene rings is 2. The van der Waals surface area contributed by atoms with E-state index < -0.39 is 0 Å². The Morgan fingerprint density at radius 1 is 1.06 bits per heavy atom. The first-order chi connectivity index (χ1) is 16.6. The number of rotatable bonds is 8. The number of carbonyl (C=O) groups excluding carboxylic acids is 2. The largest absolute Gasteiger partial charge is 0.497 e. The summed E-state index contributed by atoms with van der Waals surface area (Å²) < 4.78 is 10.3. The normalized spacial score (nSPS) is 14.2. The summed E-state index contributed by atoms with van der Waals surface area (Å²) in [5.41, 5.74) is 3.09. The Morgan fingerprint density at radius 3 is 2.50 bits per heavy atom. The maximum Gasteiger partial charge on any atom is 0.254 e. The van der Waals surface area contributed by atoms with Gasteiger partial charge in [0, 0.05) is 50.2 Å². The van der Waals surface area contributed by atoms with Crippen molar-refractivity contribution < 1.29 is 19.1 Å². The summed E-state index contributed by atoms with van der Waals surface area (Å²) in [5, 5.41) is 3.82. The van der Waals surface area contributed by atoms with Gasteiger partial charge < -0.3 is 19.7 Å². The van der Waals surface area contributed by atoms with Crippen LogP contribution in [0, 0.1) is 5.92 Å².